The highest BCUT2D eigenvalue weighted by molar-refractivity contribution is 7.89. The van der Waals surface area contributed by atoms with Gasteiger partial charge in [-0.1, -0.05) is 0 Å². The van der Waals surface area contributed by atoms with Gasteiger partial charge in [0.15, 0.2) is 11.5 Å². The molecule has 0 aromatic heterocycles. The Morgan fingerprint density at radius 3 is 2.35 bits per heavy atom. The molecule has 0 radical (unpaired) electrons. The SMILES string of the molecule is COC(=O)NCCc1cc(OC)c(OC)cc1S(=O)(=O)N1CCOCC1. The van der Waals surface area contributed by atoms with Crippen LogP contribution >= 0.6 is 0 Å². The Labute approximate surface area is 153 Å². The fourth-order valence-electron chi connectivity index (χ4n) is 2.64. The topological polar surface area (TPSA) is 103 Å². The number of amides is 1. The number of carbonyl (C=O) groups excluding carboxylic acids is 1. The zero-order valence-electron chi connectivity index (χ0n) is 15.1. The molecule has 1 fully saturated rings. The van der Waals surface area contributed by atoms with Crippen molar-refractivity contribution in [2.45, 2.75) is 11.3 Å². The third-order valence-corrected chi connectivity index (χ3v) is 5.98. The van der Waals surface area contributed by atoms with Gasteiger partial charge in [-0.25, -0.2) is 13.2 Å². The highest BCUT2D eigenvalue weighted by Crippen LogP contribution is 2.34. The van der Waals surface area contributed by atoms with Crippen LogP contribution in [-0.2, 0) is 25.9 Å². The number of alkyl carbamates (subject to hydrolysis) is 1. The van der Waals surface area contributed by atoms with Crippen LogP contribution in [0.15, 0.2) is 17.0 Å². The maximum atomic E-state index is 13.1. The van der Waals surface area contributed by atoms with Crippen molar-refractivity contribution in [3.63, 3.8) is 0 Å². The van der Waals surface area contributed by atoms with Crippen LogP contribution in [0.5, 0.6) is 11.5 Å². The summed E-state index contributed by atoms with van der Waals surface area (Å²) in [4.78, 5) is 11.4. The average molecular weight is 388 g/mol. The number of rotatable bonds is 7. The van der Waals surface area contributed by atoms with E-state index in [2.05, 4.69) is 10.1 Å². The molecule has 1 amide bonds. The number of carbonyl (C=O) groups is 1. The molecule has 10 heteroatoms. The van der Waals surface area contributed by atoms with Gasteiger partial charge < -0.3 is 24.3 Å². The second-order valence-electron chi connectivity index (χ2n) is 5.50. The molecular formula is C16H24N2O7S. The molecule has 0 saturated carbocycles. The standard InChI is InChI=1S/C16H24N2O7S/c1-22-13-10-12(4-5-17-16(19)24-3)15(11-14(13)23-2)26(20,21)18-6-8-25-9-7-18/h10-11H,4-9H2,1-3H3,(H,17,19). The third kappa shape index (κ3) is 4.57. The Balaban J connectivity index is 2.38. The van der Waals surface area contributed by atoms with E-state index in [0.29, 0.717) is 30.3 Å². The van der Waals surface area contributed by atoms with Crippen LogP contribution in [0, 0.1) is 0 Å². The lowest BCUT2D eigenvalue weighted by Crippen LogP contribution is -2.41. The van der Waals surface area contributed by atoms with Crippen LogP contribution in [0.4, 0.5) is 4.79 Å². The first-order valence-electron chi connectivity index (χ1n) is 8.08. The Hall–Kier alpha value is -2.04. The van der Waals surface area contributed by atoms with Crippen molar-refractivity contribution in [3.05, 3.63) is 17.7 Å². The highest BCUT2D eigenvalue weighted by Gasteiger charge is 2.30. The number of nitrogens with zero attached hydrogens (tertiary/aromatic N) is 1. The van der Waals surface area contributed by atoms with E-state index in [1.165, 1.54) is 31.7 Å². The lowest BCUT2D eigenvalue weighted by molar-refractivity contribution is 0.0730. The Morgan fingerprint density at radius 1 is 1.15 bits per heavy atom. The molecule has 26 heavy (non-hydrogen) atoms. The van der Waals surface area contributed by atoms with E-state index in [4.69, 9.17) is 14.2 Å². The lowest BCUT2D eigenvalue weighted by atomic mass is 10.1. The molecule has 2 rings (SSSR count). The van der Waals surface area contributed by atoms with Gasteiger partial charge in [0.05, 0.1) is 39.4 Å². The molecule has 1 aliphatic rings. The van der Waals surface area contributed by atoms with Crippen LogP contribution in [0.3, 0.4) is 0 Å². The van der Waals surface area contributed by atoms with E-state index in [0.717, 1.165) is 0 Å². The highest BCUT2D eigenvalue weighted by atomic mass is 32.2. The van der Waals surface area contributed by atoms with E-state index in [1.54, 1.807) is 6.07 Å². The summed E-state index contributed by atoms with van der Waals surface area (Å²) < 4.78 is 47.9. The number of methoxy groups -OCH3 is 3. The maximum Gasteiger partial charge on any atom is 0.406 e. The van der Waals surface area contributed by atoms with E-state index >= 15 is 0 Å². The summed E-state index contributed by atoms with van der Waals surface area (Å²) in [6, 6.07) is 3.07. The second kappa shape index (κ2) is 9.06. The van der Waals surface area contributed by atoms with Gasteiger partial charge >= 0.3 is 6.09 Å². The zero-order valence-corrected chi connectivity index (χ0v) is 15.9. The number of hydrogen-bond acceptors (Lipinski definition) is 7. The quantitative estimate of drug-likeness (QED) is 0.730. The first-order valence-corrected chi connectivity index (χ1v) is 9.52. The summed E-state index contributed by atoms with van der Waals surface area (Å²) in [5.41, 5.74) is 0.519. The molecule has 0 unspecified atom stereocenters. The predicted octanol–water partition coefficient (Wildman–Crippen LogP) is 0.623. The van der Waals surface area contributed by atoms with Crippen molar-refractivity contribution in [2.24, 2.45) is 0 Å². The van der Waals surface area contributed by atoms with Gasteiger partial charge in [-0.05, 0) is 18.1 Å². The normalized spacial score (nSPS) is 15.3. The minimum Gasteiger partial charge on any atom is -0.493 e. The summed E-state index contributed by atoms with van der Waals surface area (Å²) in [6.07, 6.45) is -0.294. The van der Waals surface area contributed by atoms with Crippen molar-refractivity contribution >= 4 is 16.1 Å². The van der Waals surface area contributed by atoms with Gasteiger partial charge in [0.2, 0.25) is 10.0 Å². The van der Waals surface area contributed by atoms with Gasteiger partial charge in [0.1, 0.15) is 0 Å². The number of nitrogens with one attached hydrogen (secondary N) is 1. The number of hydrogen-bond donors (Lipinski definition) is 1. The molecule has 0 atom stereocenters. The van der Waals surface area contributed by atoms with Crippen molar-refractivity contribution in [1.82, 2.24) is 9.62 Å². The first-order chi connectivity index (χ1) is 12.4. The minimum atomic E-state index is -3.73. The predicted molar refractivity (Wildman–Crippen MR) is 93.2 cm³/mol. The van der Waals surface area contributed by atoms with E-state index in [-0.39, 0.29) is 31.0 Å². The smallest absolute Gasteiger partial charge is 0.406 e. The lowest BCUT2D eigenvalue weighted by Gasteiger charge is -2.27. The second-order valence-corrected chi connectivity index (χ2v) is 7.41. The molecule has 1 heterocycles. The number of benzene rings is 1. The third-order valence-electron chi connectivity index (χ3n) is 4.00. The van der Waals surface area contributed by atoms with Crippen LogP contribution in [-0.4, -0.2) is 73.0 Å². The molecule has 0 bridgehead atoms. The van der Waals surface area contributed by atoms with Crippen LogP contribution in [0.25, 0.3) is 0 Å². The molecule has 146 valence electrons. The van der Waals surface area contributed by atoms with Gasteiger partial charge in [-0.3, -0.25) is 0 Å². The fraction of sp³-hybridized carbons (Fsp3) is 0.562. The van der Waals surface area contributed by atoms with E-state index < -0.39 is 16.1 Å². The molecule has 9 nitrogen and oxygen atoms in total. The van der Waals surface area contributed by atoms with Crippen LogP contribution in [0.1, 0.15) is 5.56 Å². The fourth-order valence-corrected chi connectivity index (χ4v) is 4.29. The molecule has 1 saturated heterocycles. The summed E-state index contributed by atoms with van der Waals surface area (Å²) >= 11 is 0. The maximum absolute atomic E-state index is 13.1. The Morgan fingerprint density at radius 2 is 1.77 bits per heavy atom. The van der Waals surface area contributed by atoms with Crippen molar-refractivity contribution in [2.75, 3.05) is 54.2 Å². The molecular weight excluding hydrogens is 364 g/mol. The van der Waals surface area contributed by atoms with Crippen molar-refractivity contribution in [3.8, 4) is 11.5 Å². The summed E-state index contributed by atoms with van der Waals surface area (Å²) in [5, 5.41) is 2.54. The molecule has 1 N–H and O–H groups in total. The molecule has 1 aliphatic heterocycles. The Bertz CT molecular complexity index is 730. The Kier molecular flexibility index (Phi) is 7.06. The number of morpholine rings is 1. The minimum absolute atomic E-state index is 0.128. The summed E-state index contributed by atoms with van der Waals surface area (Å²) in [6.45, 7) is 1.50. The van der Waals surface area contributed by atoms with Crippen molar-refractivity contribution < 1.29 is 32.2 Å². The summed E-state index contributed by atoms with van der Waals surface area (Å²) in [7, 11) is 0.454. The van der Waals surface area contributed by atoms with Crippen LogP contribution in [0.2, 0.25) is 0 Å². The van der Waals surface area contributed by atoms with E-state index in [9.17, 15) is 13.2 Å². The molecule has 1 aromatic rings. The van der Waals surface area contributed by atoms with Gasteiger partial charge in [0.25, 0.3) is 0 Å². The number of sulfonamides is 1. The number of ether oxygens (including phenoxy) is 4. The largest absolute Gasteiger partial charge is 0.493 e. The molecule has 1 aromatic carbocycles. The average Bonchev–Trinajstić information content (AvgIpc) is 2.67. The monoisotopic (exact) mass is 388 g/mol. The zero-order chi connectivity index (χ0) is 19.2. The first kappa shape index (κ1) is 20.3. The molecule has 0 spiro atoms. The summed E-state index contributed by atoms with van der Waals surface area (Å²) in [5.74, 6) is 0.741. The van der Waals surface area contributed by atoms with Crippen molar-refractivity contribution in [1.29, 1.82) is 0 Å². The van der Waals surface area contributed by atoms with Crippen LogP contribution < -0.4 is 14.8 Å². The van der Waals surface area contributed by atoms with E-state index in [1.807, 2.05) is 0 Å². The molecule has 0 aliphatic carbocycles. The van der Waals surface area contributed by atoms with Gasteiger partial charge in [0, 0.05) is 25.7 Å². The van der Waals surface area contributed by atoms with Gasteiger partial charge in [-0.15, -0.1) is 0 Å². The van der Waals surface area contributed by atoms with Gasteiger partial charge in [-0.2, -0.15) is 4.31 Å².